The molecule has 0 radical (unpaired) electrons. The van der Waals surface area contributed by atoms with Gasteiger partial charge in [0.05, 0.1) is 0 Å². The van der Waals surface area contributed by atoms with Crippen molar-refractivity contribution in [3.8, 4) is 0 Å². The maximum Gasteiger partial charge on any atom is 0.333 e. The molecule has 0 bridgehead atoms. The van der Waals surface area contributed by atoms with E-state index in [1.54, 1.807) is 0 Å². The highest BCUT2D eigenvalue weighted by atomic mass is 16.7. The standard InChI is InChI=1S/C6H8O4/c1-4(7)6(9)3-2-5(8)10-6/h2-4,7,9H,1H3. The minimum Gasteiger partial charge on any atom is -0.423 e. The number of aliphatic hydroxyl groups is 2. The summed E-state index contributed by atoms with van der Waals surface area (Å²) >= 11 is 0. The summed E-state index contributed by atoms with van der Waals surface area (Å²) in [5, 5.41) is 18.0. The molecule has 0 saturated heterocycles. The Morgan fingerprint density at radius 3 is 2.60 bits per heavy atom. The zero-order valence-electron chi connectivity index (χ0n) is 5.44. The van der Waals surface area contributed by atoms with E-state index in [0.717, 1.165) is 12.2 Å². The number of cyclic esters (lactones) is 1. The first-order valence-corrected chi connectivity index (χ1v) is 2.87. The second kappa shape index (κ2) is 2.07. The molecule has 0 spiro atoms. The first-order chi connectivity index (χ1) is 4.54. The van der Waals surface area contributed by atoms with E-state index in [1.165, 1.54) is 6.92 Å². The number of aliphatic hydroxyl groups excluding tert-OH is 1. The van der Waals surface area contributed by atoms with E-state index in [9.17, 15) is 4.79 Å². The van der Waals surface area contributed by atoms with Crippen LogP contribution in [0.3, 0.4) is 0 Å². The number of esters is 1. The Kier molecular flexibility index (Phi) is 1.50. The van der Waals surface area contributed by atoms with E-state index in [4.69, 9.17) is 10.2 Å². The Morgan fingerprint density at radius 2 is 2.40 bits per heavy atom. The lowest BCUT2D eigenvalue weighted by Gasteiger charge is -2.22. The number of carbonyl (C=O) groups excluding carboxylic acids is 1. The molecule has 0 aromatic carbocycles. The Balaban J connectivity index is 2.74. The summed E-state index contributed by atoms with van der Waals surface area (Å²) in [4.78, 5) is 10.4. The van der Waals surface area contributed by atoms with Gasteiger partial charge in [-0.15, -0.1) is 0 Å². The molecule has 1 aliphatic heterocycles. The van der Waals surface area contributed by atoms with Gasteiger partial charge in [0.15, 0.2) is 0 Å². The molecule has 0 fully saturated rings. The summed E-state index contributed by atoms with van der Waals surface area (Å²) < 4.78 is 4.37. The van der Waals surface area contributed by atoms with Crippen molar-refractivity contribution in [1.82, 2.24) is 0 Å². The average molecular weight is 144 g/mol. The molecule has 4 nitrogen and oxygen atoms in total. The summed E-state index contributed by atoms with van der Waals surface area (Å²) in [6.07, 6.45) is 1.10. The minimum absolute atomic E-state index is 0.636. The molecule has 0 aromatic rings. The Bertz CT molecular complexity index is 184. The fourth-order valence-corrected chi connectivity index (χ4v) is 0.641. The van der Waals surface area contributed by atoms with Gasteiger partial charge in [0.1, 0.15) is 6.10 Å². The summed E-state index contributed by atoms with van der Waals surface area (Å²) in [7, 11) is 0. The van der Waals surface area contributed by atoms with Gasteiger partial charge in [0, 0.05) is 6.08 Å². The highest BCUT2D eigenvalue weighted by Crippen LogP contribution is 2.19. The molecule has 0 aromatic heterocycles. The molecule has 4 heteroatoms. The van der Waals surface area contributed by atoms with Crippen LogP contribution in [0.25, 0.3) is 0 Å². The van der Waals surface area contributed by atoms with Crippen LogP contribution in [0, 0.1) is 0 Å². The van der Waals surface area contributed by atoms with Gasteiger partial charge in [-0.3, -0.25) is 0 Å². The van der Waals surface area contributed by atoms with Crippen molar-refractivity contribution >= 4 is 5.97 Å². The molecular formula is C6H8O4. The Morgan fingerprint density at radius 1 is 1.80 bits per heavy atom. The van der Waals surface area contributed by atoms with E-state index in [0.29, 0.717) is 0 Å². The van der Waals surface area contributed by atoms with Crippen LogP contribution < -0.4 is 0 Å². The van der Waals surface area contributed by atoms with E-state index >= 15 is 0 Å². The van der Waals surface area contributed by atoms with Crippen LogP contribution in [0.2, 0.25) is 0 Å². The molecule has 0 saturated carbocycles. The lowest BCUT2D eigenvalue weighted by atomic mass is 10.2. The van der Waals surface area contributed by atoms with Crippen LogP contribution in [0.1, 0.15) is 6.92 Å². The maximum atomic E-state index is 10.4. The van der Waals surface area contributed by atoms with Crippen LogP contribution in [0.4, 0.5) is 0 Å². The van der Waals surface area contributed by atoms with Gasteiger partial charge >= 0.3 is 5.97 Å². The lowest BCUT2D eigenvalue weighted by molar-refractivity contribution is -0.207. The van der Waals surface area contributed by atoms with Crippen LogP contribution in [-0.4, -0.2) is 28.1 Å². The largest absolute Gasteiger partial charge is 0.423 e. The summed E-state index contributed by atoms with van der Waals surface area (Å²) in [6, 6.07) is 0. The average Bonchev–Trinajstić information content (AvgIpc) is 2.13. The van der Waals surface area contributed by atoms with Crippen molar-refractivity contribution in [3.63, 3.8) is 0 Å². The van der Waals surface area contributed by atoms with Crippen molar-refractivity contribution in [2.45, 2.75) is 18.8 Å². The molecule has 10 heavy (non-hydrogen) atoms. The molecule has 1 aliphatic rings. The van der Waals surface area contributed by atoms with Crippen molar-refractivity contribution < 1.29 is 19.7 Å². The minimum atomic E-state index is -1.81. The van der Waals surface area contributed by atoms with E-state index < -0.39 is 17.9 Å². The second-order valence-corrected chi connectivity index (χ2v) is 2.18. The van der Waals surface area contributed by atoms with Gasteiger partial charge in [-0.25, -0.2) is 4.79 Å². The number of rotatable bonds is 1. The molecule has 1 heterocycles. The monoisotopic (exact) mass is 144 g/mol. The Labute approximate surface area is 57.7 Å². The zero-order valence-corrected chi connectivity index (χ0v) is 5.44. The molecule has 0 aliphatic carbocycles. The molecule has 2 unspecified atom stereocenters. The second-order valence-electron chi connectivity index (χ2n) is 2.18. The first-order valence-electron chi connectivity index (χ1n) is 2.87. The molecule has 2 N–H and O–H groups in total. The van der Waals surface area contributed by atoms with Crippen molar-refractivity contribution in [3.05, 3.63) is 12.2 Å². The fourth-order valence-electron chi connectivity index (χ4n) is 0.641. The van der Waals surface area contributed by atoms with Gasteiger partial charge in [-0.05, 0) is 13.0 Å². The Hall–Kier alpha value is -0.870. The van der Waals surface area contributed by atoms with Gasteiger partial charge in [0.25, 0.3) is 5.79 Å². The highest BCUT2D eigenvalue weighted by molar-refractivity contribution is 5.84. The SMILES string of the molecule is CC(O)C1(O)C=CC(=O)O1. The number of ether oxygens (including phenoxy) is 1. The van der Waals surface area contributed by atoms with Crippen molar-refractivity contribution in [2.24, 2.45) is 0 Å². The first kappa shape index (κ1) is 7.24. The van der Waals surface area contributed by atoms with Gasteiger partial charge in [0.2, 0.25) is 0 Å². The highest BCUT2D eigenvalue weighted by Gasteiger charge is 2.37. The van der Waals surface area contributed by atoms with Crippen molar-refractivity contribution in [1.29, 1.82) is 0 Å². The quantitative estimate of drug-likeness (QED) is 0.471. The summed E-state index contributed by atoms with van der Waals surface area (Å²) in [5.74, 6) is -2.44. The van der Waals surface area contributed by atoms with Gasteiger partial charge in [-0.2, -0.15) is 0 Å². The summed E-state index contributed by atoms with van der Waals surface area (Å²) in [6.45, 7) is 1.34. The zero-order chi connectivity index (χ0) is 7.78. The van der Waals surface area contributed by atoms with E-state index in [1.807, 2.05) is 0 Å². The normalized spacial score (nSPS) is 34.1. The van der Waals surface area contributed by atoms with Gasteiger partial charge < -0.3 is 14.9 Å². The van der Waals surface area contributed by atoms with Gasteiger partial charge in [-0.1, -0.05) is 0 Å². The molecule has 2 atom stereocenters. The molecule has 1 rings (SSSR count). The predicted molar refractivity (Wildman–Crippen MR) is 31.9 cm³/mol. The number of hydrogen-bond acceptors (Lipinski definition) is 4. The summed E-state index contributed by atoms with van der Waals surface area (Å²) in [5.41, 5.74) is 0. The van der Waals surface area contributed by atoms with Crippen molar-refractivity contribution in [2.75, 3.05) is 0 Å². The maximum absolute atomic E-state index is 10.4. The van der Waals surface area contributed by atoms with E-state index in [-0.39, 0.29) is 0 Å². The van der Waals surface area contributed by atoms with Crippen LogP contribution in [0.15, 0.2) is 12.2 Å². The molecular weight excluding hydrogens is 136 g/mol. The van der Waals surface area contributed by atoms with E-state index in [2.05, 4.69) is 4.74 Å². The number of hydrogen-bond donors (Lipinski definition) is 2. The van der Waals surface area contributed by atoms with Crippen LogP contribution in [0.5, 0.6) is 0 Å². The van der Waals surface area contributed by atoms with Crippen LogP contribution in [-0.2, 0) is 9.53 Å². The molecule has 56 valence electrons. The third-order valence-electron chi connectivity index (χ3n) is 1.32. The number of carbonyl (C=O) groups is 1. The fraction of sp³-hybridized carbons (Fsp3) is 0.500. The smallest absolute Gasteiger partial charge is 0.333 e. The predicted octanol–water partition coefficient (Wildman–Crippen LogP) is -0.831. The molecule has 0 amide bonds. The lowest BCUT2D eigenvalue weighted by Crippen LogP contribution is -2.39. The topological polar surface area (TPSA) is 66.8 Å². The van der Waals surface area contributed by atoms with Crippen LogP contribution >= 0.6 is 0 Å². The third-order valence-corrected chi connectivity index (χ3v) is 1.32. The third kappa shape index (κ3) is 1.03.